The van der Waals surface area contributed by atoms with Crippen molar-refractivity contribution in [2.45, 2.75) is 64.2 Å². The second-order valence-corrected chi connectivity index (χ2v) is 5.45. The molecule has 0 radical (unpaired) electrons. The van der Waals surface area contributed by atoms with E-state index in [-0.39, 0.29) is 24.7 Å². The smallest absolute Gasteiger partial charge is 0.332 e. The molecule has 1 aliphatic carbocycles. The first kappa shape index (κ1) is 13.5. The minimum absolute atomic E-state index is 0.0364. The third kappa shape index (κ3) is 5.47. The normalized spacial score (nSPS) is 26.5. The number of rotatable bonds is 3. The van der Waals surface area contributed by atoms with Crippen LogP contribution in [0.3, 0.4) is 0 Å². The molecule has 2 N–H and O–H groups in total. The van der Waals surface area contributed by atoms with Crippen LogP contribution in [-0.2, 0) is 14.3 Å². The highest BCUT2D eigenvalue weighted by molar-refractivity contribution is 5.71. The summed E-state index contributed by atoms with van der Waals surface area (Å²) < 4.78 is 10.7. The van der Waals surface area contributed by atoms with Crippen molar-refractivity contribution in [1.82, 2.24) is 0 Å². The average molecular weight is 229 g/mol. The lowest BCUT2D eigenvalue weighted by atomic mass is 9.94. The zero-order valence-electron chi connectivity index (χ0n) is 10.5. The van der Waals surface area contributed by atoms with E-state index in [9.17, 15) is 4.79 Å². The molecule has 4 nitrogen and oxygen atoms in total. The molecule has 0 spiro atoms. The summed E-state index contributed by atoms with van der Waals surface area (Å²) in [4.78, 5) is 11.4. The standard InChI is InChI=1S/C12H23NO3/c1-12(2,3)16-11(14)8-15-10-6-4-5-9(13)7-10/h9-10H,4-8,13H2,1-3H3. The number of esters is 1. The van der Waals surface area contributed by atoms with Gasteiger partial charge in [-0.05, 0) is 46.5 Å². The summed E-state index contributed by atoms with van der Waals surface area (Å²) in [7, 11) is 0. The molecule has 0 heterocycles. The van der Waals surface area contributed by atoms with Gasteiger partial charge in [-0.3, -0.25) is 0 Å². The van der Waals surface area contributed by atoms with Gasteiger partial charge in [-0.1, -0.05) is 0 Å². The van der Waals surface area contributed by atoms with Gasteiger partial charge in [0.1, 0.15) is 12.2 Å². The molecule has 0 amide bonds. The highest BCUT2D eigenvalue weighted by Gasteiger charge is 2.22. The van der Waals surface area contributed by atoms with Gasteiger partial charge >= 0.3 is 5.97 Å². The second-order valence-electron chi connectivity index (χ2n) is 5.45. The van der Waals surface area contributed by atoms with Gasteiger partial charge in [0.2, 0.25) is 0 Å². The molecule has 2 unspecified atom stereocenters. The Hall–Kier alpha value is -0.610. The van der Waals surface area contributed by atoms with Crippen molar-refractivity contribution in [2.24, 2.45) is 5.73 Å². The quantitative estimate of drug-likeness (QED) is 0.747. The molecule has 4 heteroatoms. The van der Waals surface area contributed by atoms with Crippen molar-refractivity contribution in [3.05, 3.63) is 0 Å². The van der Waals surface area contributed by atoms with Crippen molar-refractivity contribution in [3.63, 3.8) is 0 Å². The van der Waals surface area contributed by atoms with Crippen LogP contribution in [0.5, 0.6) is 0 Å². The van der Waals surface area contributed by atoms with Gasteiger partial charge in [-0.15, -0.1) is 0 Å². The van der Waals surface area contributed by atoms with Crippen LogP contribution in [0, 0.1) is 0 Å². The van der Waals surface area contributed by atoms with Gasteiger partial charge in [0, 0.05) is 6.04 Å². The highest BCUT2D eigenvalue weighted by atomic mass is 16.6. The molecular weight excluding hydrogens is 206 g/mol. The lowest BCUT2D eigenvalue weighted by molar-refractivity contribution is -0.162. The topological polar surface area (TPSA) is 61.5 Å². The van der Waals surface area contributed by atoms with E-state index in [0.717, 1.165) is 25.7 Å². The predicted molar refractivity (Wildman–Crippen MR) is 62.0 cm³/mol. The van der Waals surface area contributed by atoms with Gasteiger partial charge < -0.3 is 15.2 Å². The van der Waals surface area contributed by atoms with Crippen LogP contribution in [-0.4, -0.2) is 30.3 Å². The van der Waals surface area contributed by atoms with E-state index in [1.165, 1.54) is 0 Å². The molecule has 0 saturated heterocycles. The number of hydrogen-bond acceptors (Lipinski definition) is 4. The predicted octanol–water partition coefficient (Wildman–Crippen LogP) is 1.61. The SMILES string of the molecule is CC(C)(C)OC(=O)COC1CCCC(N)C1. The van der Waals surface area contributed by atoms with Crippen LogP contribution in [0.25, 0.3) is 0 Å². The molecule has 0 aromatic carbocycles. The largest absolute Gasteiger partial charge is 0.458 e. The number of nitrogens with two attached hydrogens (primary N) is 1. The second kappa shape index (κ2) is 5.64. The maximum atomic E-state index is 11.4. The van der Waals surface area contributed by atoms with Crippen molar-refractivity contribution < 1.29 is 14.3 Å². The van der Waals surface area contributed by atoms with Crippen LogP contribution < -0.4 is 5.73 Å². The molecular formula is C12H23NO3. The molecule has 16 heavy (non-hydrogen) atoms. The summed E-state index contributed by atoms with van der Waals surface area (Å²) >= 11 is 0. The van der Waals surface area contributed by atoms with E-state index in [4.69, 9.17) is 15.2 Å². The lowest BCUT2D eigenvalue weighted by Gasteiger charge is -2.27. The Kier molecular flexibility index (Phi) is 4.74. The molecule has 1 saturated carbocycles. The van der Waals surface area contributed by atoms with Gasteiger partial charge in [0.25, 0.3) is 0 Å². The molecule has 1 aliphatic rings. The van der Waals surface area contributed by atoms with Crippen molar-refractivity contribution in [2.75, 3.05) is 6.61 Å². The van der Waals surface area contributed by atoms with E-state index in [1.807, 2.05) is 20.8 Å². The first-order valence-electron chi connectivity index (χ1n) is 5.96. The Bertz CT molecular complexity index is 235. The Morgan fingerprint density at radius 2 is 2.06 bits per heavy atom. The summed E-state index contributed by atoms with van der Waals surface area (Å²) in [5.74, 6) is -0.299. The fraction of sp³-hybridized carbons (Fsp3) is 0.917. The summed E-state index contributed by atoms with van der Waals surface area (Å²) in [5, 5.41) is 0. The van der Waals surface area contributed by atoms with E-state index >= 15 is 0 Å². The maximum absolute atomic E-state index is 11.4. The number of ether oxygens (including phenoxy) is 2. The average Bonchev–Trinajstić information content (AvgIpc) is 2.12. The first-order chi connectivity index (χ1) is 7.37. The van der Waals surface area contributed by atoms with Gasteiger partial charge in [-0.25, -0.2) is 4.79 Å². The van der Waals surface area contributed by atoms with E-state index in [1.54, 1.807) is 0 Å². The van der Waals surface area contributed by atoms with Crippen LogP contribution in [0.15, 0.2) is 0 Å². The van der Waals surface area contributed by atoms with Crippen LogP contribution in [0.1, 0.15) is 46.5 Å². The Labute approximate surface area is 97.5 Å². The van der Waals surface area contributed by atoms with Crippen LogP contribution >= 0.6 is 0 Å². The molecule has 0 aromatic heterocycles. The maximum Gasteiger partial charge on any atom is 0.332 e. The molecule has 94 valence electrons. The summed E-state index contributed by atoms with van der Waals surface area (Å²) in [6.07, 6.45) is 4.11. The Balaban J connectivity index is 2.21. The molecule has 1 rings (SSSR count). The van der Waals surface area contributed by atoms with Gasteiger partial charge in [0.15, 0.2) is 0 Å². The van der Waals surface area contributed by atoms with Crippen LogP contribution in [0.4, 0.5) is 0 Å². The summed E-state index contributed by atoms with van der Waals surface area (Å²) in [6.45, 7) is 5.58. The number of carbonyl (C=O) groups is 1. The lowest BCUT2D eigenvalue weighted by Crippen LogP contribution is -2.34. The van der Waals surface area contributed by atoms with Crippen LogP contribution in [0.2, 0.25) is 0 Å². The van der Waals surface area contributed by atoms with Gasteiger partial charge in [0.05, 0.1) is 6.10 Å². The van der Waals surface area contributed by atoms with Gasteiger partial charge in [-0.2, -0.15) is 0 Å². The Morgan fingerprint density at radius 1 is 1.38 bits per heavy atom. The van der Waals surface area contributed by atoms with Crippen molar-refractivity contribution >= 4 is 5.97 Å². The number of hydrogen-bond donors (Lipinski definition) is 1. The zero-order chi connectivity index (χ0) is 12.2. The van der Waals surface area contributed by atoms with E-state index in [0.29, 0.717) is 0 Å². The molecule has 1 fully saturated rings. The third-order valence-electron chi connectivity index (χ3n) is 2.52. The van der Waals surface area contributed by atoms with Crippen molar-refractivity contribution in [1.29, 1.82) is 0 Å². The zero-order valence-corrected chi connectivity index (χ0v) is 10.5. The fourth-order valence-corrected chi connectivity index (χ4v) is 1.89. The van der Waals surface area contributed by atoms with Crippen molar-refractivity contribution in [3.8, 4) is 0 Å². The number of carbonyl (C=O) groups excluding carboxylic acids is 1. The fourth-order valence-electron chi connectivity index (χ4n) is 1.89. The molecule has 2 atom stereocenters. The monoisotopic (exact) mass is 229 g/mol. The third-order valence-corrected chi connectivity index (χ3v) is 2.52. The minimum atomic E-state index is -0.441. The molecule has 0 aromatic rings. The Morgan fingerprint density at radius 3 is 2.62 bits per heavy atom. The molecule has 0 aliphatic heterocycles. The minimum Gasteiger partial charge on any atom is -0.458 e. The van der Waals surface area contributed by atoms with E-state index in [2.05, 4.69) is 0 Å². The molecule has 0 bridgehead atoms. The highest BCUT2D eigenvalue weighted by Crippen LogP contribution is 2.19. The summed E-state index contributed by atoms with van der Waals surface area (Å²) in [6, 6.07) is 0.220. The van der Waals surface area contributed by atoms with E-state index < -0.39 is 5.60 Å². The summed E-state index contributed by atoms with van der Waals surface area (Å²) in [5.41, 5.74) is 5.40. The first-order valence-corrected chi connectivity index (χ1v) is 5.96.